The summed E-state index contributed by atoms with van der Waals surface area (Å²) < 4.78 is 5.38. The third-order valence-electron chi connectivity index (χ3n) is 6.78. The normalized spacial score (nSPS) is 27.0. The summed E-state index contributed by atoms with van der Waals surface area (Å²) in [5, 5.41) is 2.68. The van der Waals surface area contributed by atoms with Gasteiger partial charge in [0.1, 0.15) is 0 Å². The summed E-state index contributed by atoms with van der Waals surface area (Å²) in [6.45, 7) is 7.75. The molecule has 0 radical (unpaired) electrons. The molecule has 1 aromatic rings. The van der Waals surface area contributed by atoms with E-state index in [1.807, 2.05) is 4.90 Å². The van der Waals surface area contributed by atoms with E-state index in [-0.39, 0.29) is 24.2 Å². The highest BCUT2D eigenvalue weighted by Gasteiger charge is 2.42. The fourth-order valence-corrected chi connectivity index (χ4v) is 4.56. The van der Waals surface area contributed by atoms with Crippen LogP contribution in [0, 0.1) is 17.8 Å². The van der Waals surface area contributed by atoms with Gasteiger partial charge in [-0.3, -0.25) is 19.2 Å². The average Bonchev–Trinajstić information content (AvgIpc) is 3.12. The highest BCUT2D eigenvalue weighted by molar-refractivity contribution is 5.97. The molecular weight excluding hydrogens is 396 g/mol. The molecule has 1 heterocycles. The Morgan fingerprint density at radius 2 is 1.81 bits per heavy atom. The summed E-state index contributed by atoms with van der Waals surface area (Å²) >= 11 is 0. The van der Waals surface area contributed by atoms with Gasteiger partial charge in [0, 0.05) is 30.3 Å². The first-order chi connectivity index (χ1) is 14.7. The number of hydrogen-bond acceptors (Lipinski definition) is 5. The summed E-state index contributed by atoms with van der Waals surface area (Å²) in [6.07, 6.45) is 2.39. The van der Waals surface area contributed by atoms with E-state index in [9.17, 15) is 19.2 Å². The topological polar surface area (TPSA) is 92.8 Å². The van der Waals surface area contributed by atoms with Gasteiger partial charge in [0.25, 0.3) is 5.91 Å². The Bertz CT molecular complexity index is 850. The molecule has 1 aromatic carbocycles. The van der Waals surface area contributed by atoms with Crippen molar-refractivity contribution in [1.29, 1.82) is 0 Å². The van der Waals surface area contributed by atoms with Crippen LogP contribution >= 0.6 is 0 Å². The molecule has 1 aliphatic carbocycles. The maximum Gasteiger partial charge on any atom is 0.312 e. The number of carbonyl (C=O) groups is 4. The number of ether oxygens (including phenoxy) is 1. The molecule has 31 heavy (non-hydrogen) atoms. The molecule has 1 saturated carbocycles. The lowest BCUT2D eigenvalue weighted by Crippen LogP contribution is -2.45. The van der Waals surface area contributed by atoms with Crippen LogP contribution < -0.4 is 5.32 Å². The number of Topliss-reactive ketones (excluding diaryl/α,β-unsaturated/α-hetero) is 1. The molecule has 7 heteroatoms. The smallest absolute Gasteiger partial charge is 0.312 e. The SMILES string of the molecule is CC(=O)c1ccc(NC(=O)[C@H](C)OC(=O)[C@@H]2CC(=O)N([C@@H]3CCC[C@@H](C)[C@H]3C)C2)cc1. The van der Waals surface area contributed by atoms with Crippen LogP contribution in [0.1, 0.15) is 63.7 Å². The minimum atomic E-state index is -0.988. The number of nitrogens with one attached hydrogen (secondary N) is 1. The second kappa shape index (κ2) is 9.62. The molecule has 0 spiro atoms. The van der Waals surface area contributed by atoms with Crippen molar-refractivity contribution in [3.05, 3.63) is 29.8 Å². The Morgan fingerprint density at radius 1 is 1.13 bits per heavy atom. The van der Waals surface area contributed by atoms with Crippen LogP contribution in [0.4, 0.5) is 5.69 Å². The summed E-state index contributed by atoms with van der Waals surface area (Å²) in [5.41, 5.74) is 1.06. The number of hydrogen-bond donors (Lipinski definition) is 1. The zero-order valence-electron chi connectivity index (χ0n) is 18.7. The number of nitrogens with zero attached hydrogens (tertiary/aromatic N) is 1. The largest absolute Gasteiger partial charge is 0.452 e. The second-order valence-corrected chi connectivity index (χ2v) is 8.98. The van der Waals surface area contributed by atoms with E-state index in [0.29, 0.717) is 29.6 Å². The van der Waals surface area contributed by atoms with E-state index in [0.717, 1.165) is 12.8 Å². The average molecular weight is 429 g/mol. The van der Waals surface area contributed by atoms with Crippen molar-refractivity contribution in [2.24, 2.45) is 17.8 Å². The quantitative estimate of drug-likeness (QED) is 0.553. The molecule has 1 saturated heterocycles. The van der Waals surface area contributed by atoms with E-state index < -0.39 is 23.9 Å². The Kier molecular flexibility index (Phi) is 7.13. The van der Waals surface area contributed by atoms with Gasteiger partial charge in [-0.25, -0.2) is 0 Å². The van der Waals surface area contributed by atoms with Crippen molar-refractivity contribution in [2.75, 3.05) is 11.9 Å². The van der Waals surface area contributed by atoms with Crippen LogP contribution in [0.3, 0.4) is 0 Å². The first-order valence-electron chi connectivity index (χ1n) is 11.1. The molecule has 2 aliphatic rings. The number of rotatable bonds is 6. The maximum atomic E-state index is 12.6. The van der Waals surface area contributed by atoms with Gasteiger partial charge in [-0.15, -0.1) is 0 Å². The molecule has 0 unspecified atom stereocenters. The number of anilines is 1. The van der Waals surface area contributed by atoms with Crippen LogP contribution in [0.5, 0.6) is 0 Å². The molecule has 168 valence electrons. The predicted octanol–water partition coefficient (Wildman–Crippen LogP) is 3.43. The Morgan fingerprint density at radius 3 is 2.45 bits per heavy atom. The van der Waals surface area contributed by atoms with Gasteiger partial charge in [-0.05, 0) is 56.4 Å². The standard InChI is InChI=1S/C24H32N2O5/c1-14-6-5-7-21(15(14)2)26-13-19(12-22(26)28)24(30)31-17(4)23(29)25-20-10-8-18(9-11-20)16(3)27/h8-11,14-15,17,19,21H,5-7,12-13H2,1-4H3,(H,25,29)/t14-,15-,17+,19-,21-/m1/s1. The number of likely N-dealkylation sites (tertiary alicyclic amines) is 1. The molecular formula is C24H32N2O5. The van der Waals surface area contributed by atoms with Gasteiger partial charge in [-0.2, -0.15) is 0 Å². The molecule has 7 nitrogen and oxygen atoms in total. The summed E-state index contributed by atoms with van der Waals surface area (Å²) in [5.74, 6) is -0.603. The Labute approximate surface area is 183 Å². The highest BCUT2D eigenvalue weighted by Crippen LogP contribution is 2.36. The van der Waals surface area contributed by atoms with E-state index in [4.69, 9.17) is 4.74 Å². The van der Waals surface area contributed by atoms with Crippen LogP contribution in [0.15, 0.2) is 24.3 Å². The fourth-order valence-electron chi connectivity index (χ4n) is 4.56. The molecule has 0 bridgehead atoms. The number of carbonyl (C=O) groups excluding carboxylic acids is 4. The summed E-state index contributed by atoms with van der Waals surface area (Å²) in [4.78, 5) is 50.8. The Hall–Kier alpha value is -2.70. The van der Waals surface area contributed by atoms with Crippen LogP contribution in [0.25, 0.3) is 0 Å². The molecule has 0 aromatic heterocycles. The van der Waals surface area contributed by atoms with Gasteiger partial charge >= 0.3 is 5.97 Å². The van der Waals surface area contributed by atoms with Gasteiger partial charge in [0.2, 0.25) is 5.91 Å². The molecule has 3 rings (SSSR count). The molecule has 2 amide bonds. The summed E-state index contributed by atoms with van der Waals surface area (Å²) in [6, 6.07) is 6.68. The molecule has 1 N–H and O–H groups in total. The third kappa shape index (κ3) is 5.32. The van der Waals surface area contributed by atoms with E-state index in [2.05, 4.69) is 19.2 Å². The van der Waals surface area contributed by atoms with Crippen molar-refractivity contribution in [1.82, 2.24) is 4.90 Å². The highest BCUT2D eigenvalue weighted by atomic mass is 16.5. The molecule has 1 aliphatic heterocycles. The lowest BCUT2D eigenvalue weighted by atomic mass is 9.77. The van der Waals surface area contributed by atoms with Crippen molar-refractivity contribution < 1.29 is 23.9 Å². The maximum absolute atomic E-state index is 12.6. The number of ketones is 1. The first-order valence-corrected chi connectivity index (χ1v) is 11.1. The minimum absolute atomic E-state index is 0.00411. The molecule has 2 fully saturated rings. The van der Waals surface area contributed by atoms with Crippen LogP contribution in [-0.4, -0.2) is 47.2 Å². The lowest BCUT2D eigenvalue weighted by molar-refractivity contribution is -0.157. The van der Waals surface area contributed by atoms with E-state index >= 15 is 0 Å². The van der Waals surface area contributed by atoms with Crippen molar-refractivity contribution >= 4 is 29.3 Å². The minimum Gasteiger partial charge on any atom is -0.452 e. The van der Waals surface area contributed by atoms with E-state index in [1.165, 1.54) is 20.3 Å². The second-order valence-electron chi connectivity index (χ2n) is 8.98. The Balaban J connectivity index is 1.54. The van der Waals surface area contributed by atoms with Crippen LogP contribution in [0.2, 0.25) is 0 Å². The molecule has 5 atom stereocenters. The van der Waals surface area contributed by atoms with Crippen molar-refractivity contribution in [3.8, 4) is 0 Å². The van der Waals surface area contributed by atoms with Gasteiger partial charge in [0.15, 0.2) is 11.9 Å². The number of benzene rings is 1. The monoisotopic (exact) mass is 428 g/mol. The number of esters is 1. The summed E-state index contributed by atoms with van der Waals surface area (Å²) in [7, 11) is 0. The first kappa shape index (κ1) is 23.0. The number of amides is 2. The van der Waals surface area contributed by atoms with Crippen LogP contribution in [-0.2, 0) is 19.1 Å². The zero-order valence-corrected chi connectivity index (χ0v) is 18.7. The third-order valence-corrected chi connectivity index (χ3v) is 6.78. The predicted molar refractivity (Wildman–Crippen MR) is 116 cm³/mol. The van der Waals surface area contributed by atoms with E-state index in [1.54, 1.807) is 24.3 Å². The van der Waals surface area contributed by atoms with Gasteiger partial charge in [-0.1, -0.05) is 26.7 Å². The van der Waals surface area contributed by atoms with Gasteiger partial charge in [0.05, 0.1) is 5.92 Å². The zero-order chi connectivity index (χ0) is 22.7. The fraction of sp³-hybridized carbons (Fsp3) is 0.583. The van der Waals surface area contributed by atoms with Crippen molar-refractivity contribution in [2.45, 2.75) is 65.5 Å². The van der Waals surface area contributed by atoms with Crippen molar-refractivity contribution in [3.63, 3.8) is 0 Å². The van der Waals surface area contributed by atoms with Gasteiger partial charge < -0.3 is 15.0 Å². The lowest BCUT2D eigenvalue weighted by Gasteiger charge is -2.39.